The number of piperazine rings is 1. The number of nitrogens with zero attached hydrogens (tertiary/aromatic N) is 7. The first-order valence-corrected chi connectivity index (χ1v) is 14.1. The summed E-state index contributed by atoms with van der Waals surface area (Å²) >= 11 is 1.56. The Kier molecular flexibility index (Phi) is 6.75. The van der Waals surface area contributed by atoms with Gasteiger partial charge in [0.05, 0.1) is 23.6 Å². The molecule has 2 aliphatic rings. The smallest absolute Gasteiger partial charge is 0.236 e. The standard InChI is InChI=1S/C28H32FN7OS/c1-3-23-27(32(2)28-31-24(19-38-28)20-5-7-21(29)8-6-20)36-17-22(9-10-25(36)30-23)34-15-13-33(14-16-34)18-26(37)35-11-4-12-35/h5-10,17,19H,3-4,11-16,18H2,1-2H3. The Hall–Kier alpha value is -3.50. The molecule has 0 spiro atoms. The summed E-state index contributed by atoms with van der Waals surface area (Å²) in [6.45, 7) is 7.98. The third kappa shape index (κ3) is 4.74. The van der Waals surface area contributed by atoms with E-state index in [0.717, 1.165) is 91.3 Å². The number of rotatable bonds is 7. The van der Waals surface area contributed by atoms with Gasteiger partial charge in [-0.05, 0) is 49.2 Å². The zero-order valence-corrected chi connectivity index (χ0v) is 22.6. The van der Waals surface area contributed by atoms with Gasteiger partial charge in [0.2, 0.25) is 5.91 Å². The Morgan fingerprint density at radius 2 is 1.79 bits per heavy atom. The van der Waals surface area contributed by atoms with Crippen LogP contribution >= 0.6 is 11.3 Å². The molecule has 0 atom stereocenters. The lowest BCUT2D eigenvalue weighted by atomic mass is 10.2. The number of carbonyl (C=O) groups excluding carboxylic acids is 1. The van der Waals surface area contributed by atoms with Crippen LogP contribution in [0.25, 0.3) is 16.9 Å². The third-order valence-electron chi connectivity index (χ3n) is 7.52. The van der Waals surface area contributed by atoms with Crippen LogP contribution < -0.4 is 9.80 Å². The summed E-state index contributed by atoms with van der Waals surface area (Å²) in [7, 11) is 2.02. The minimum atomic E-state index is -0.253. The Morgan fingerprint density at radius 3 is 2.47 bits per heavy atom. The molecule has 38 heavy (non-hydrogen) atoms. The SMILES string of the molecule is CCc1nc2ccc(N3CCN(CC(=O)N4CCC4)CC3)cn2c1N(C)c1nc(-c2ccc(F)cc2)cs1. The average molecular weight is 534 g/mol. The molecule has 0 aliphatic carbocycles. The highest BCUT2D eigenvalue weighted by Crippen LogP contribution is 2.34. The number of halogens is 1. The molecule has 2 fully saturated rings. The second-order valence-corrected chi connectivity index (χ2v) is 10.8. The molecule has 0 N–H and O–H groups in total. The minimum absolute atomic E-state index is 0.253. The van der Waals surface area contributed by atoms with E-state index in [9.17, 15) is 9.18 Å². The first kappa shape index (κ1) is 24.8. The van der Waals surface area contributed by atoms with Crippen LogP contribution in [-0.4, -0.2) is 82.9 Å². The van der Waals surface area contributed by atoms with Crippen LogP contribution in [0, 0.1) is 5.82 Å². The highest BCUT2D eigenvalue weighted by atomic mass is 32.1. The van der Waals surface area contributed by atoms with Crippen molar-refractivity contribution in [1.29, 1.82) is 0 Å². The molecular formula is C28H32FN7OS. The van der Waals surface area contributed by atoms with Crippen LogP contribution in [-0.2, 0) is 11.2 Å². The fourth-order valence-electron chi connectivity index (χ4n) is 5.13. The predicted molar refractivity (Wildman–Crippen MR) is 150 cm³/mol. The molecule has 0 radical (unpaired) electrons. The average Bonchev–Trinajstić information content (AvgIpc) is 3.53. The summed E-state index contributed by atoms with van der Waals surface area (Å²) in [5.74, 6) is 1.01. The molecule has 0 bridgehead atoms. The van der Waals surface area contributed by atoms with Crippen molar-refractivity contribution in [3.05, 3.63) is 59.5 Å². The first-order chi connectivity index (χ1) is 18.5. The molecule has 0 unspecified atom stereocenters. The summed E-state index contributed by atoms with van der Waals surface area (Å²) in [6.07, 6.45) is 4.10. The number of aromatic nitrogens is 3. The number of thiazole rings is 1. The van der Waals surface area contributed by atoms with Crippen LogP contribution in [0.3, 0.4) is 0 Å². The van der Waals surface area contributed by atoms with E-state index in [1.165, 1.54) is 12.1 Å². The number of benzene rings is 1. The van der Waals surface area contributed by atoms with Crippen LogP contribution in [0.4, 0.5) is 21.0 Å². The molecule has 6 rings (SSSR count). The molecular weight excluding hydrogens is 501 g/mol. The molecule has 2 saturated heterocycles. The van der Waals surface area contributed by atoms with Crippen molar-refractivity contribution in [1.82, 2.24) is 24.2 Å². The molecule has 198 valence electrons. The van der Waals surface area contributed by atoms with Crippen LogP contribution in [0.2, 0.25) is 0 Å². The van der Waals surface area contributed by atoms with Crippen molar-refractivity contribution < 1.29 is 9.18 Å². The highest BCUT2D eigenvalue weighted by molar-refractivity contribution is 7.14. The normalized spacial score (nSPS) is 16.2. The van der Waals surface area contributed by atoms with Crippen LogP contribution in [0.5, 0.6) is 0 Å². The summed E-state index contributed by atoms with van der Waals surface area (Å²) in [5, 5.41) is 2.86. The Labute approximate surface area is 225 Å². The summed E-state index contributed by atoms with van der Waals surface area (Å²) < 4.78 is 15.5. The van der Waals surface area contributed by atoms with Crippen molar-refractivity contribution in [3.8, 4) is 11.3 Å². The summed E-state index contributed by atoms with van der Waals surface area (Å²) in [4.78, 5) is 30.8. The summed E-state index contributed by atoms with van der Waals surface area (Å²) in [5.41, 5.74) is 4.78. The zero-order chi connectivity index (χ0) is 26.2. The minimum Gasteiger partial charge on any atom is -0.368 e. The molecule has 5 heterocycles. The molecule has 2 aliphatic heterocycles. The molecule has 8 nitrogen and oxygen atoms in total. The molecule has 4 aromatic rings. The lowest BCUT2D eigenvalue weighted by Gasteiger charge is -2.38. The van der Waals surface area contributed by atoms with Gasteiger partial charge in [-0.3, -0.25) is 14.1 Å². The molecule has 0 saturated carbocycles. The van der Waals surface area contributed by atoms with Crippen molar-refractivity contribution in [2.75, 3.05) is 62.7 Å². The molecule has 10 heteroatoms. The molecule has 3 aromatic heterocycles. The van der Waals surface area contributed by atoms with E-state index in [0.29, 0.717) is 6.54 Å². The van der Waals surface area contributed by atoms with Gasteiger partial charge in [0, 0.05) is 63.5 Å². The van der Waals surface area contributed by atoms with E-state index in [-0.39, 0.29) is 11.7 Å². The maximum atomic E-state index is 13.4. The maximum Gasteiger partial charge on any atom is 0.236 e. The Morgan fingerprint density at radius 1 is 1.03 bits per heavy atom. The van der Waals surface area contributed by atoms with Crippen LogP contribution in [0.1, 0.15) is 19.0 Å². The monoisotopic (exact) mass is 533 g/mol. The van der Waals surface area contributed by atoms with E-state index in [2.05, 4.69) is 44.4 Å². The van der Waals surface area contributed by atoms with E-state index in [1.807, 2.05) is 17.3 Å². The highest BCUT2D eigenvalue weighted by Gasteiger charge is 2.25. The van der Waals surface area contributed by atoms with E-state index in [4.69, 9.17) is 9.97 Å². The molecule has 1 amide bonds. The number of hydrogen-bond acceptors (Lipinski definition) is 7. The van der Waals surface area contributed by atoms with E-state index in [1.54, 1.807) is 23.5 Å². The largest absolute Gasteiger partial charge is 0.368 e. The topological polar surface area (TPSA) is 60.2 Å². The number of carbonyl (C=O) groups is 1. The van der Waals surface area contributed by atoms with Crippen molar-refractivity contribution in [2.24, 2.45) is 0 Å². The van der Waals surface area contributed by atoms with Crippen molar-refractivity contribution in [2.45, 2.75) is 19.8 Å². The number of imidazole rings is 1. The fraction of sp³-hybridized carbons (Fsp3) is 0.393. The second-order valence-electron chi connectivity index (χ2n) is 9.93. The second kappa shape index (κ2) is 10.3. The van der Waals surface area contributed by atoms with Gasteiger partial charge in [-0.2, -0.15) is 0 Å². The van der Waals surface area contributed by atoms with Gasteiger partial charge in [-0.15, -0.1) is 11.3 Å². The summed E-state index contributed by atoms with van der Waals surface area (Å²) in [6, 6.07) is 10.7. The first-order valence-electron chi connectivity index (χ1n) is 13.2. The van der Waals surface area contributed by atoms with E-state index < -0.39 is 0 Å². The number of anilines is 3. The lowest BCUT2D eigenvalue weighted by Crippen LogP contribution is -2.52. The van der Waals surface area contributed by atoms with Gasteiger partial charge < -0.3 is 14.7 Å². The van der Waals surface area contributed by atoms with Gasteiger partial charge in [-0.25, -0.2) is 14.4 Å². The number of pyridine rings is 1. The van der Waals surface area contributed by atoms with Crippen LogP contribution in [0.15, 0.2) is 48.0 Å². The number of aryl methyl sites for hydroxylation is 1. The Bertz CT molecular complexity index is 1440. The zero-order valence-electron chi connectivity index (χ0n) is 21.8. The third-order valence-corrected chi connectivity index (χ3v) is 8.44. The maximum absolute atomic E-state index is 13.4. The van der Waals surface area contributed by atoms with Gasteiger partial charge in [0.15, 0.2) is 5.13 Å². The van der Waals surface area contributed by atoms with Gasteiger partial charge in [0.25, 0.3) is 0 Å². The number of fused-ring (bicyclic) bond motifs is 1. The van der Waals surface area contributed by atoms with Gasteiger partial charge >= 0.3 is 0 Å². The Balaban J connectivity index is 1.22. The number of amides is 1. The quantitative estimate of drug-likeness (QED) is 0.354. The van der Waals surface area contributed by atoms with Gasteiger partial charge in [0.1, 0.15) is 17.3 Å². The number of likely N-dealkylation sites (tertiary alicyclic amines) is 1. The van der Waals surface area contributed by atoms with Crippen molar-refractivity contribution >= 4 is 39.5 Å². The van der Waals surface area contributed by atoms with E-state index >= 15 is 0 Å². The predicted octanol–water partition coefficient (Wildman–Crippen LogP) is 4.28. The fourth-order valence-corrected chi connectivity index (χ4v) is 5.93. The van der Waals surface area contributed by atoms with Gasteiger partial charge in [-0.1, -0.05) is 6.92 Å². The lowest BCUT2D eigenvalue weighted by molar-refractivity contribution is -0.135. The van der Waals surface area contributed by atoms with Crippen molar-refractivity contribution in [3.63, 3.8) is 0 Å². The number of hydrogen-bond donors (Lipinski definition) is 0. The molecule has 1 aromatic carbocycles.